The van der Waals surface area contributed by atoms with Crippen molar-refractivity contribution in [3.8, 4) is 5.75 Å². The first-order valence-corrected chi connectivity index (χ1v) is 6.87. The van der Waals surface area contributed by atoms with Crippen LogP contribution in [0.3, 0.4) is 0 Å². The minimum Gasteiger partial charge on any atom is -0.482 e. The lowest BCUT2D eigenvalue weighted by atomic mass is 10.2. The summed E-state index contributed by atoms with van der Waals surface area (Å²) in [4.78, 5) is 27.5. The molecular weight excluding hydrogens is 300 g/mol. The molecule has 0 aliphatic carbocycles. The van der Waals surface area contributed by atoms with Crippen LogP contribution in [-0.2, 0) is 4.79 Å². The van der Waals surface area contributed by atoms with Crippen LogP contribution in [0.4, 0.5) is 22.9 Å². The van der Waals surface area contributed by atoms with Crippen LogP contribution in [0.25, 0.3) is 0 Å². The lowest BCUT2D eigenvalue weighted by molar-refractivity contribution is -0.385. The number of aromatic nitrogens is 1. The molecule has 2 aromatic rings. The van der Waals surface area contributed by atoms with E-state index < -0.39 is 4.92 Å². The largest absolute Gasteiger partial charge is 0.482 e. The highest BCUT2D eigenvalue weighted by atomic mass is 16.6. The number of amides is 1. The molecule has 3 rings (SSSR count). The lowest BCUT2D eigenvalue weighted by Crippen LogP contribution is -2.35. The van der Waals surface area contributed by atoms with Crippen molar-refractivity contribution in [3.63, 3.8) is 0 Å². The van der Waals surface area contributed by atoms with E-state index in [2.05, 4.69) is 10.3 Å². The fraction of sp³-hybridized carbons (Fsp3) is 0.200. The number of ether oxygens (including phenoxy) is 1. The van der Waals surface area contributed by atoms with Gasteiger partial charge in [0.15, 0.2) is 6.61 Å². The highest BCUT2D eigenvalue weighted by molar-refractivity contribution is 5.98. The van der Waals surface area contributed by atoms with E-state index in [0.29, 0.717) is 28.5 Å². The zero-order chi connectivity index (χ0) is 16.6. The summed E-state index contributed by atoms with van der Waals surface area (Å²) < 4.78 is 5.37. The predicted molar refractivity (Wildman–Crippen MR) is 84.3 cm³/mol. The minimum atomic E-state index is -0.486. The maximum Gasteiger partial charge on any atom is 0.287 e. The number of nitrogens with zero attached hydrogens (tertiary/aromatic N) is 3. The number of hydrogen-bond acceptors (Lipinski definition) is 6. The van der Waals surface area contributed by atoms with Crippen molar-refractivity contribution in [2.24, 2.45) is 0 Å². The van der Waals surface area contributed by atoms with Crippen LogP contribution >= 0.6 is 0 Å². The van der Waals surface area contributed by atoms with E-state index in [0.717, 1.165) is 0 Å². The SMILES string of the molecule is Cc1cc([N+](=O)[O-])cnc1Nc1ccc2c(c1)N(C)C(=O)CO2. The van der Waals surface area contributed by atoms with Gasteiger partial charge in [0.05, 0.1) is 10.6 Å². The van der Waals surface area contributed by atoms with Gasteiger partial charge in [-0.05, 0) is 30.7 Å². The number of benzene rings is 1. The Kier molecular flexibility index (Phi) is 3.57. The molecule has 8 nitrogen and oxygen atoms in total. The monoisotopic (exact) mass is 314 g/mol. The van der Waals surface area contributed by atoms with Gasteiger partial charge in [-0.3, -0.25) is 14.9 Å². The molecule has 1 N–H and O–H groups in total. The third kappa shape index (κ3) is 2.78. The molecule has 118 valence electrons. The first-order chi connectivity index (χ1) is 11.0. The number of likely N-dealkylation sites (N-methyl/N-ethyl adjacent to an activating group) is 1. The van der Waals surface area contributed by atoms with Crippen molar-refractivity contribution in [1.82, 2.24) is 4.98 Å². The van der Waals surface area contributed by atoms with Crippen LogP contribution in [0.1, 0.15) is 5.56 Å². The molecule has 0 spiro atoms. The molecule has 1 aromatic carbocycles. The highest BCUT2D eigenvalue weighted by Crippen LogP contribution is 2.34. The average Bonchev–Trinajstić information content (AvgIpc) is 2.53. The van der Waals surface area contributed by atoms with Crippen LogP contribution < -0.4 is 15.0 Å². The zero-order valence-corrected chi connectivity index (χ0v) is 12.6. The molecule has 8 heteroatoms. The Morgan fingerprint density at radius 2 is 2.17 bits per heavy atom. The standard InChI is InChI=1S/C15H14N4O4/c1-9-5-11(19(21)22)7-16-15(9)17-10-3-4-13-12(6-10)18(2)14(20)8-23-13/h3-7H,8H2,1-2H3,(H,16,17). The van der Waals surface area contributed by atoms with Crippen LogP contribution in [0.15, 0.2) is 30.5 Å². The van der Waals surface area contributed by atoms with Gasteiger partial charge in [-0.2, -0.15) is 0 Å². The summed E-state index contributed by atoms with van der Waals surface area (Å²) in [6.45, 7) is 1.76. The first-order valence-electron chi connectivity index (χ1n) is 6.87. The van der Waals surface area contributed by atoms with Gasteiger partial charge >= 0.3 is 0 Å². The molecular formula is C15H14N4O4. The van der Waals surface area contributed by atoms with E-state index in [1.54, 1.807) is 32.2 Å². The third-order valence-corrected chi connectivity index (χ3v) is 3.58. The summed E-state index contributed by atoms with van der Waals surface area (Å²) in [5.41, 5.74) is 1.96. The van der Waals surface area contributed by atoms with Gasteiger partial charge < -0.3 is 15.0 Å². The van der Waals surface area contributed by atoms with Crippen molar-refractivity contribution in [2.75, 3.05) is 23.9 Å². The summed E-state index contributed by atoms with van der Waals surface area (Å²) in [5.74, 6) is 1.02. The van der Waals surface area contributed by atoms with E-state index in [4.69, 9.17) is 4.74 Å². The number of pyridine rings is 1. The molecule has 0 unspecified atom stereocenters. The number of hydrogen-bond donors (Lipinski definition) is 1. The second-order valence-corrected chi connectivity index (χ2v) is 5.17. The smallest absolute Gasteiger partial charge is 0.287 e. The van der Waals surface area contributed by atoms with E-state index >= 15 is 0 Å². The van der Waals surface area contributed by atoms with Gasteiger partial charge in [0, 0.05) is 18.8 Å². The van der Waals surface area contributed by atoms with Crippen molar-refractivity contribution < 1.29 is 14.5 Å². The van der Waals surface area contributed by atoms with Crippen molar-refractivity contribution in [1.29, 1.82) is 0 Å². The van der Waals surface area contributed by atoms with E-state index in [-0.39, 0.29) is 18.2 Å². The summed E-state index contributed by atoms with van der Waals surface area (Å²) in [6, 6.07) is 6.79. The fourth-order valence-electron chi connectivity index (χ4n) is 2.28. The first kappa shape index (κ1) is 14.8. The molecule has 0 atom stereocenters. The Morgan fingerprint density at radius 3 is 2.87 bits per heavy atom. The molecule has 0 radical (unpaired) electrons. The Bertz CT molecular complexity index is 806. The Balaban J connectivity index is 1.89. The summed E-state index contributed by atoms with van der Waals surface area (Å²) in [7, 11) is 1.68. The van der Waals surface area contributed by atoms with Crippen LogP contribution in [0.5, 0.6) is 5.75 Å². The number of nitrogens with one attached hydrogen (secondary N) is 1. The fourth-order valence-corrected chi connectivity index (χ4v) is 2.28. The lowest BCUT2D eigenvalue weighted by Gasteiger charge is -2.26. The van der Waals surface area contributed by atoms with Crippen LogP contribution in [0.2, 0.25) is 0 Å². The Hall–Kier alpha value is -3.16. The number of aryl methyl sites for hydroxylation is 1. The molecule has 0 saturated carbocycles. The van der Waals surface area contributed by atoms with Crippen molar-refractivity contribution in [3.05, 3.63) is 46.1 Å². The number of rotatable bonds is 3. The molecule has 1 amide bonds. The number of carbonyl (C=O) groups is 1. The quantitative estimate of drug-likeness (QED) is 0.690. The van der Waals surface area contributed by atoms with Crippen LogP contribution in [-0.4, -0.2) is 29.5 Å². The number of fused-ring (bicyclic) bond motifs is 1. The normalized spacial score (nSPS) is 13.3. The summed E-state index contributed by atoms with van der Waals surface area (Å²) in [5, 5.41) is 13.8. The molecule has 0 saturated heterocycles. The van der Waals surface area contributed by atoms with Gasteiger partial charge in [0.1, 0.15) is 17.8 Å². The maximum atomic E-state index is 11.7. The Labute approximate surface area is 131 Å². The van der Waals surface area contributed by atoms with Gasteiger partial charge in [-0.25, -0.2) is 4.98 Å². The maximum absolute atomic E-state index is 11.7. The third-order valence-electron chi connectivity index (χ3n) is 3.58. The molecule has 1 aliphatic heterocycles. The second-order valence-electron chi connectivity index (χ2n) is 5.17. The molecule has 0 fully saturated rings. The van der Waals surface area contributed by atoms with Crippen molar-refractivity contribution in [2.45, 2.75) is 6.92 Å². The van der Waals surface area contributed by atoms with Gasteiger partial charge in [-0.15, -0.1) is 0 Å². The second kappa shape index (κ2) is 5.56. The topological polar surface area (TPSA) is 97.6 Å². The number of anilines is 3. The Morgan fingerprint density at radius 1 is 1.39 bits per heavy atom. The molecule has 2 heterocycles. The summed E-state index contributed by atoms with van der Waals surface area (Å²) >= 11 is 0. The number of nitro groups is 1. The van der Waals surface area contributed by atoms with Gasteiger partial charge in [0.25, 0.3) is 11.6 Å². The van der Waals surface area contributed by atoms with E-state index in [9.17, 15) is 14.9 Å². The predicted octanol–water partition coefficient (Wildman–Crippen LogP) is 2.40. The number of carbonyl (C=O) groups excluding carboxylic acids is 1. The van der Waals surface area contributed by atoms with Gasteiger partial charge in [-0.1, -0.05) is 0 Å². The molecule has 23 heavy (non-hydrogen) atoms. The zero-order valence-electron chi connectivity index (χ0n) is 12.6. The molecule has 0 bridgehead atoms. The summed E-state index contributed by atoms with van der Waals surface area (Å²) in [6.07, 6.45) is 1.20. The van der Waals surface area contributed by atoms with E-state index in [1.165, 1.54) is 17.2 Å². The molecule has 1 aromatic heterocycles. The van der Waals surface area contributed by atoms with Gasteiger partial charge in [0.2, 0.25) is 0 Å². The van der Waals surface area contributed by atoms with Crippen LogP contribution in [0, 0.1) is 17.0 Å². The van der Waals surface area contributed by atoms with Crippen molar-refractivity contribution >= 4 is 28.8 Å². The highest BCUT2D eigenvalue weighted by Gasteiger charge is 2.22. The molecule has 1 aliphatic rings. The average molecular weight is 314 g/mol. The minimum absolute atomic E-state index is 0.0271. The van der Waals surface area contributed by atoms with E-state index in [1.807, 2.05) is 0 Å².